The van der Waals surface area contributed by atoms with Gasteiger partial charge in [-0.05, 0) is 56.5 Å². The largest absolute Gasteiger partial charge is 0.481 e. The predicted octanol–water partition coefficient (Wildman–Crippen LogP) is 1.69. The summed E-state index contributed by atoms with van der Waals surface area (Å²) in [6.45, 7) is 5.72. The Labute approximate surface area is 174 Å². The van der Waals surface area contributed by atoms with E-state index in [0.29, 0.717) is 17.0 Å². The second-order valence-corrected chi connectivity index (χ2v) is 9.59. The summed E-state index contributed by atoms with van der Waals surface area (Å²) in [5.41, 5.74) is 6.73. The number of sulfonamides is 1. The highest BCUT2D eigenvalue weighted by molar-refractivity contribution is 7.88. The smallest absolute Gasteiger partial charge is 0.279 e. The Hall–Kier alpha value is -2.43. The lowest BCUT2D eigenvalue weighted by Gasteiger charge is -2.17. The molecule has 3 N–H and O–H groups in total. The van der Waals surface area contributed by atoms with Crippen LogP contribution in [0.4, 0.5) is 0 Å². The molecule has 2 rings (SSSR count). The molecule has 0 radical (unpaired) electrons. The van der Waals surface area contributed by atoms with Crippen molar-refractivity contribution in [3.63, 3.8) is 0 Å². The van der Waals surface area contributed by atoms with Crippen molar-refractivity contribution in [2.45, 2.75) is 33.3 Å². The van der Waals surface area contributed by atoms with Gasteiger partial charge in [-0.15, -0.1) is 11.3 Å². The van der Waals surface area contributed by atoms with E-state index in [-0.39, 0.29) is 6.54 Å². The zero-order chi connectivity index (χ0) is 21.6. The van der Waals surface area contributed by atoms with Crippen LogP contribution in [0, 0.1) is 13.8 Å². The minimum absolute atomic E-state index is 0.254. The van der Waals surface area contributed by atoms with E-state index >= 15 is 0 Å². The summed E-state index contributed by atoms with van der Waals surface area (Å²) in [5.74, 6) is -0.317. The summed E-state index contributed by atoms with van der Waals surface area (Å²) in [7, 11) is -3.24. The monoisotopic (exact) mass is 439 g/mol. The normalized spacial score (nSPS) is 12.3. The Balaban J connectivity index is 1.83. The van der Waals surface area contributed by atoms with Gasteiger partial charge in [0.15, 0.2) is 6.10 Å². The third kappa shape index (κ3) is 7.15. The van der Waals surface area contributed by atoms with Crippen molar-refractivity contribution in [1.29, 1.82) is 0 Å². The maximum Gasteiger partial charge on any atom is 0.279 e. The van der Waals surface area contributed by atoms with E-state index in [1.54, 1.807) is 25.1 Å². The average Bonchev–Trinajstić information content (AvgIpc) is 3.11. The van der Waals surface area contributed by atoms with Gasteiger partial charge >= 0.3 is 0 Å². The first-order valence-electron chi connectivity index (χ1n) is 8.93. The molecule has 0 aliphatic heterocycles. The van der Waals surface area contributed by atoms with Crippen LogP contribution in [0.3, 0.4) is 0 Å². The third-order valence-corrected chi connectivity index (χ3v) is 6.02. The van der Waals surface area contributed by atoms with Crippen LogP contribution in [0.1, 0.15) is 32.6 Å². The van der Waals surface area contributed by atoms with Crippen LogP contribution >= 0.6 is 11.3 Å². The first-order chi connectivity index (χ1) is 13.6. The van der Waals surface area contributed by atoms with E-state index in [0.717, 1.165) is 22.3 Å². The molecule has 29 heavy (non-hydrogen) atoms. The molecule has 158 valence electrons. The highest BCUT2D eigenvalue weighted by Gasteiger charge is 2.18. The molecule has 10 heteroatoms. The number of rotatable bonds is 8. The van der Waals surface area contributed by atoms with Crippen LogP contribution in [-0.2, 0) is 21.2 Å². The number of nitrogens with one attached hydrogen (secondary N) is 3. The topological polar surface area (TPSA) is 114 Å². The number of amides is 2. The number of carbonyl (C=O) groups is 2. The molecule has 1 heterocycles. The molecule has 2 amide bonds. The fourth-order valence-corrected chi connectivity index (χ4v) is 3.75. The van der Waals surface area contributed by atoms with Crippen molar-refractivity contribution >= 4 is 33.2 Å². The highest BCUT2D eigenvalue weighted by Crippen LogP contribution is 2.21. The zero-order valence-electron chi connectivity index (χ0n) is 16.7. The summed E-state index contributed by atoms with van der Waals surface area (Å²) in [4.78, 5) is 25.7. The van der Waals surface area contributed by atoms with E-state index in [4.69, 9.17) is 4.74 Å². The summed E-state index contributed by atoms with van der Waals surface area (Å²) in [6, 6.07) is 8.97. The Bertz CT molecular complexity index is 985. The van der Waals surface area contributed by atoms with E-state index in [1.165, 1.54) is 11.3 Å². The van der Waals surface area contributed by atoms with E-state index < -0.39 is 27.9 Å². The number of hydrogen-bond acceptors (Lipinski definition) is 6. The molecule has 0 spiro atoms. The van der Waals surface area contributed by atoms with Crippen LogP contribution in [0.15, 0.2) is 30.3 Å². The fourth-order valence-electron chi connectivity index (χ4n) is 2.37. The number of aryl methyl sites for hydroxylation is 1. The van der Waals surface area contributed by atoms with E-state index in [9.17, 15) is 18.0 Å². The highest BCUT2D eigenvalue weighted by atomic mass is 32.2. The average molecular weight is 440 g/mol. The van der Waals surface area contributed by atoms with Crippen LogP contribution < -0.4 is 20.3 Å². The van der Waals surface area contributed by atoms with Crippen LogP contribution in [0.2, 0.25) is 0 Å². The van der Waals surface area contributed by atoms with Crippen molar-refractivity contribution in [2.24, 2.45) is 0 Å². The Morgan fingerprint density at radius 3 is 2.55 bits per heavy atom. The van der Waals surface area contributed by atoms with Gasteiger partial charge < -0.3 is 4.74 Å². The molecule has 1 aromatic carbocycles. The van der Waals surface area contributed by atoms with Gasteiger partial charge in [0.2, 0.25) is 10.0 Å². The molecule has 2 aromatic rings. The van der Waals surface area contributed by atoms with Crippen molar-refractivity contribution in [1.82, 2.24) is 15.6 Å². The molecule has 1 unspecified atom stereocenters. The molecule has 0 bridgehead atoms. The molecule has 0 aliphatic rings. The number of hydrogen-bond donors (Lipinski definition) is 3. The standard InChI is InChI=1S/C19H25N3O5S2/c1-12-6-5-7-16(13(12)2)27-14(3)18(23)21-22-19(24)17-9-8-15(28-17)10-11-20-29(4,25)26/h5-9,14,20H,10-11H2,1-4H3,(H,21,23)(H,22,24). The Morgan fingerprint density at radius 2 is 1.86 bits per heavy atom. The molecule has 1 aromatic heterocycles. The van der Waals surface area contributed by atoms with Gasteiger partial charge in [-0.3, -0.25) is 20.4 Å². The summed E-state index contributed by atoms with van der Waals surface area (Å²) < 4.78 is 30.2. The lowest BCUT2D eigenvalue weighted by molar-refractivity contribution is -0.128. The van der Waals surface area contributed by atoms with Gasteiger partial charge in [-0.1, -0.05) is 12.1 Å². The maximum absolute atomic E-state index is 12.2. The summed E-state index contributed by atoms with van der Waals surface area (Å²) in [6.07, 6.45) is 0.767. The third-order valence-electron chi connectivity index (χ3n) is 4.15. The minimum Gasteiger partial charge on any atom is -0.481 e. The maximum atomic E-state index is 12.2. The van der Waals surface area contributed by atoms with Gasteiger partial charge in [0.25, 0.3) is 11.8 Å². The van der Waals surface area contributed by atoms with E-state index in [1.807, 2.05) is 26.0 Å². The number of benzene rings is 1. The number of ether oxygens (including phenoxy) is 1. The van der Waals surface area contributed by atoms with Gasteiger partial charge in [-0.2, -0.15) is 0 Å². The fraction of sp³-hybridized carbons (Fsp3) is 0.368. The quantitative estimate of drug-likeness (QED) is 0.542. The molecular weight excluding hydrogens is 414 g/mol. The first kappa shape index (κ1) is 22.9. The number of thiophene rings is 1. The second kappa shape index (κ2) is 9.86. The molecule has 0 saturated carbocycles. The number of hydrazine groups is 1. The first-order valence-corrected chi connectivity index (χ1v) is 11.6. The molecule has 0 fully saturated rings. The predicted molar refractivity (Wildman–Crippen MR) is 112 cm³/mol. The van der Waals surface area contributed by atoms with Crippen LogP contribution in [0.5, 0.6) is 5.75 Å². The van der Waals surface area contributed by atoms with Gasteiger partial charge in [0.1, 0.15) is 5.75 Å². The molecule has 0 saturated heterocycles. The van der Waals surface area contributed by atoms with E-state index in [2.05, 4.69) is 15.6 Å². The molecule has 1 atom stereocenters. The zero-order valence-corrected chi connectivity index (χ0v) is 18.4. The van der Waals surface area contributed by atoms with Crippen LogP contribution in [0.25, 0.3) is 0 Å². The van der Waals surface area contributed by atoms with Gasteiger partial charge in [-0.25, -0.2) is 13.1 Å². The minimum atomic E-state index is -3.24. The summed E-state index contributed by atoms with van der Waals surface area (Å²) in [5, 5.41) is 0. The van der Waals surface area contributed by atoms with Crippen molar-refractivity contribution in [3.8, 4) is 5.75 Å². The second-order valence-electron chi connectivity index (χ2n) is 6.58. The molecule has 0 aliphatic carbocycles. The Kier molecular flexibility index (Phi) is 7.77. The lowest BCUT2D eigenvalue weighted by Crippen LogP contribution is -2.47. The Morgan fingerprint density at radius 1 is 1.14 bits per heavy atom. The lowest BCUT2D eigenvalue weighted by atomic mass is 10.1. The van der Waals surface area contributed by atoms with Crippen LogP contribution in [-0.4, -0.2) is 39.1 Å². The SMILES string of the molecule is Cc1cccc(OC(C)C(=O)NNC(=O)c2ccc(CCNS(C)(=O)=O)s2)c1C. The van der Waals surface area contributed by atoms with Crippen molar-refractivity contribution in [2.75, 3.05) is 12.8 Å². The summed E-state index contributed by atoms with van der Waals surface area (Å²) >= 11 is 1.23. The van der Waals surface area contributed by atoms with Crippen molar-refractivity contribution < 1.29 is 22.7 Å². The van der Waals surface area contributed by atoms with Gasteiger partial charge in [0, 0.05) is 11.4 Å². The van der Waals surface area contributed by atoms with Gasteiger partial charge in [0.05, 0.1) is 11.1 Å². The molecule has 8 nitrogen and oxygen atoms in total. The molecular formula is C19H25N3O5S2. The number of carbonyl (C=O) groups excluding carboxylic acids is 2. The van der Waals surface area contributed by atoms with Crippen molar-refractivity contribution in [3.05, 3.63) is 51.2 Å².